The zero-order valence-electron chi connectivity index (χ0n) is 10.6. The van der Waals surface area contributed by atoms with Crippen LogP contribution in [0.4, 0.5) is 0 Å². The molecule has 2 heteroatoms. The zero-order chi connectivity index (χ0) is 11.5. The third-order valence-corrected chi connectivity index (χ3v) is 1.65. The van der Waals surface area contributed by atoms with Crippen LogP contribution in [0.5, 0.6) is 0 Å². The molecule has 1 saturated heterocycles. The van der Waals surface area contributed by atoms with Gasteiger partial charge in [-0.3, -0.25) is 0 Å². The van der Waals surface area contributed by atoms with Gasteiger partial charge in [0.1, 0.15) is 0 Å². The molecule has 15 heavy (non-hydrogen) atoms. The highest BCUT2D eigenvalue weighted by Crippen LogP contribution is 1.92. The molecule has 84 valence electrons. The number of rotatable bonds is 0. The van der Waals surface area contributed by atoms with Crippen LogP contribution >= 0.6 is 0 Å². The van der Waals surface area contributed by atoms with Gasteiger partial charge in [-0.2, -0.15) is 0 Å². The average molecular weight is 221 g/mol. The normalized spacial score (nSPS) is 12.3. The molecule has 0 saturated carbocycles. The van der Waals surface area contributed by atoms with Gasteiger partial charge in [0.15, 0.2) is 0 Å². The maximum atomic E-state index is 3.11. The standard InChI is InChI=1S/C7H8.C3H7N.3CH3.Al/c1-7-5-3-2-4-6-7;1-2-4-3-1;;;;/h2-6H,1H3;4H,1-3H2;3*1H3;. The van der Waals surface area contributed by atoms with Gasteiger partial charge >= 0.3 is 0 Å². The number of aryl methyl sites for hydroxylation is 1. The number of benzene rings is 1. The first-order chi connectivity index (χ1) is 7.13. The van der Waals surface area contributed by atoms with Crippen molar-refractivity contribution < 1.29 is 0 Å². The largest absolute Gasteiger partial charge is 0.317 e. The molecule has 0 atom stereocenters. The van der Waals surface area contributed by atoms with Crippen LogP contribution in [0.3, 0.4) is 0 Å². The molecule has 1 heterocycles. The van der Waals surface area contributed by atoms with Crippen LogP contribution in [0.2, 0.25) is 17.4 Å². The molecule has 0 radical (unpaired) electrons. The van der Waals surface area contributed by atoms with E-state index in [-0.39, 0.29) is 14.1 Å². The van der Waals surface area contributed by atoms with Crippen molar-refractivity contribution in [3.63, 3.8) is 0 Å². The van der Waals surface area contributed by atoms with Gasteiger partial charge in [-0.1, -0.05) is 35.9 Å². The second kappa shape index (κ2) is 10.2. The summed E-state index contributed by atoms with van der Waals surface area (Å²) >= 11 is -0.139. The third kappa shape index (κ3) is 13.7. The molecule has 1 aliphatic heterocycles. The Balaban J connectivity index is 0.000000212. The summed E-state index contributed by atoms with van der Waals surface area (Å²) in [6.45, 7) is 4.58. The van der Waals surface area contributed by atoms with E-state index in [0.29, 0.717) is 0 Å². The molecular weight excluding hydrogens is 197 g/mol. The molecule has 0 aromatic heterocycles. The summed E-state index contributed by atoms with van der Waals surface area (Å²) in [5, 5.41) is 3.11. The first kappa shape index (κ1) is 14.7. The van der Waals surface area contributed by atoms with E-state index in [9.17, 15) is 0 Å². The highest BCUT2D eigenvalue weighted by atomic mass is 27.2. The second-order valence-corrected chi connectivity index (χ2v) is 7.95. The lowest BCUT2D eigenvalue weighted by Gasteiger charge is -2.09. The molecule has 1 nitrogen and oxygen atoms in total. The minimum absolute atomic E-state index is 0.139. The van der Waals surface area contributed by atoms with Crippen molar-refractivity contribution in [2.24, 2.45) is 0 Å². The van der Waals surface area contributed by atoms with Crippen molar-refractivity contribution in [2.75, 3.05) is 13.1 Å². The highest BCUT2D eigenvalue weighted by Gasteiger charge is 1.92. The van der Waals surface area contributed by atoms with Crippen LogP contribution in [-0.4, -0.2) is 27.2 Å². The van der Waals surface area contributed by atoms with Crippen molar-refractivity contribution in [1.29, 1.82) is 0 Å². The maximum absolute atomic E-state index is 3.11. The fourth-order valence-electron chi connectivity index (χ4n) is 0.711. The van der Waals surface area contributed by atoms with E-state index < -0.39 is 0 Å². The Kier molecular flexibility index (Phi) is 10.0. The topological polar surface area (TPSA) is 12.0 Å². The Morgan fingerprint density at radius 1 is 1.00 bits per heavy atom. The van der Waals surface area contributed by atoms with Gasteiger partial charge in [0.2, 0.25) is 0 Å². The summed E-state index contributed by atoms with van der Waals surface area (Å²) in [6, 6.07) is 10.3. The lowest BCUT2D eigenvalue weighted by Crippen LogP contribution is -2.29. The van der Waals surface area contributed by atoms with Gasteiger partial charge in [0.05, 0.1) is 0 Å². The molecule has 0 amide bonds. The fourth-order valence-corrected chi connectivity index (χ4v) is 0.711. The molecule has 1 aromatic carbocycles. The Morgan fingerprint density at radius 2 is 1.33 bits per heavy atom. The molecule has 1 fully saturated rings. The molecular formula is C13H24AlN. The monoisotopic (exact) mass is 221 g/mol. The van der Waals surface area contributed by atoms with Crippen LogP contribution in [0.15, 0.2) is 30.3 Å². The van der Waals surface area contributed by atoms with Crippen molar-refractivity contribution >= 4 is 14.1 Å². The Hall–Kier alpha value is -0.288. The van der Waals surface area contributed by atoms with Crippen molar-refractivity contribution in [3.05, 3.63) is 35.9 Å². The molecule has 0 unspecified atom stereocenters. The van der Waals surface area contributed by atoms with E-state index in [1.807, 2.05) is 18.2 Å². The summed E-state index contributed by atoms with van der Waals surface area (Å²) in [7, 11) is 0. The summed E-state index contributed by atoms with van der Waals surface area (Å²) in [6.07, 6.45) is 1.39. The van der Waals surface area contributed by atoms with Gasteiger partial charge in [-0.05, 0) is 26.4 Å². The number of hydrogen-bond donors (Lipinski definition) is 1. The molecule has 2 rings (SSSR count). The van der Waals surface area contributed by atoms with E-state index in [1.165, 1.54) is 25.1 Å². The Labute approximate surface area is 99.3 Å². The summed E-state index contributed by atoms with van der Waals surface area (Å²) < 4.78 is 0. The molecule has 0 aliphatic carbocycles. The van der Waals surface area contributed by atoms with Crippen LogP contribution in [0, 0.1) is 6.92 Å². The Bertz CT molecular complexity index is 210. The van der Waals surface area contributed by atoms with E-state index in [0.717, 1.165) is 0 Å². The van der Waals surface area contributed by atoms with Gasteiger partial charge in [0.25, 0.3) is 14.1 Å². The predicted molar refractivity (Wildman–Crippen MR) is 72.0 cm³/mol. The number of hydrogen-bond acceptors (Lipinski definition) is 1. The summed E-state index contributed by atoms with van der Waals surface area (Å²) in [4.78, 5) is 0. The molecule has 1 N–H and O–H groups in total. The SMILES string of the molecule is C1CNC1.Cc1ccccc1.[CH3][Al]([CH3])[CH3]. The average Bonchev–Trinajstić information content (AvgIpc) is 2.00. The van der Waals surface area contributed by atoms with Gasteiger partial charge < -0.3 is 5.32 Å². The minimum Gasteiger partial charge on any atom is -0.317 e. The first-order valence-corrected chi connectivity index (χ1v) is 9.31. The van der Waals surface area contributed by atoms with Crippen LogP contribution in [0.1, 0.15) is 12.0 Å². The van der Waals surface area contributed by atoms with Crippen LogP contribution < -0.4 is 5.32 Å². The second-order valence-electron chi connectivity index (χ2n) is 4.49. The minimum atomic E-state index is -0.139. The van der Waals surface area contributed by atoms with E-state index in [4.69, 9.17) is 0 Å². The van der Waals surface area contributed by atoms with Crippen molar-refractivity contribution in [2.45, 2.75) is 30.7 Å². The van der Waals surface area contributed by atoms with Crippen molar-refractivity contribution in [3.8, 4) is 0 Å². The van der Waals surface area contributed by atoms with Gasteiger partial charge in [-0.15, -0.1) is 17.4 Å². The van der Waals surface area contributed by atoms with Crippen molar-refractivity contribution in [1.82, 2.24) is 5.32 Å². The number of nitrogens with one attached hydrogen (secondary N) is 1. The third-order valence-electron chi connectivity index (χ3n) is 1.65. The van der Waals surface area contributed by atoms with Crippen LogP contribution in [0.25, 0.3) is 0 Å². The quantitative estimate of drug-likeness (QED) is 0.662. The summed E-state index contributed by atoms with van der Waals surface area (Å²) in [5.41, 5.74) is 1.32. The van der Waals surface area contributed by atoms with E-state index in [1.54, 1.807) is 0 Å². The smallest absolute Gasteiger partial charge is 0.251 e. The lowest BCUT2D eigenvalue weighted by atomic mass is 10.2. The first-order valence-electron chi connectivity index (χ1n) is 5.85. The zero-order valence-corrected chi connectivity index (χ0v) is 11.7. The van der Waals surface area contributed by atoms with E-state index >= 15 is 0 Å². The Morgan fingerprint density at radius 3 is 1.47 bits per heavy atom. The molecule has 0 bridgehead atoms. The summed E-state index contributed by atoms with van der Waals surface area (Å²) in [5.74, 6) is 6.92. The molecule has 1 aliphatic rings. The predicted octanol–water partition coefficient (Wildman–Crippen LogP) is 3.35. The highest BCUT2D eigenvalue weighted by molar-refractivity contribution is 6.54. The van der Waals surface area contributed by atoms with Crippen LogP contribution in [-0.2, 0) is 0 Å². The fraction of sp³-hybridized carbons (Fsp3) is 0.538. The molecule has 0 spiro atoms. The maximum Gasteiger partial charge on any atom is 0.251 e. The van der Waals surface area contributed by atoms with E-state index in [2.05, 4.69) is 41.7 Å². The molecule has 1 aromatic rings. The van der Waals surface area contributed by atoms with Gasteiger partial charge in [0, 0.05) is 0 Å². The van der Waals surface area contributed by atoms with Gasteiger partial charge in [-0.25, -0.2) is 0 Å². The lowest BCUT2D eigenvalue weighted by molar-refractivity contribution is 0.527.